The number of aromatic nitrogens is 2. The van der Waals surface area contributed by atoms with E-state index in [1.165, 1.54) is 0 Å². The van der Waals surface area contributed by atoms with Gasteiger partial charge in [0.05, 0.1) is 6.61 Å². The quantitative estimate of drug-likeness (QED) is 0.667. The second kappa shape index (κ2) is 8.49. The fraction of sp³-hybridized carbons (Fsp3) is 0.211. The van der Waals surface area contributed by atoms with Gasteiger partial charge >= 0.3 is 0 Å². The topological polar surface area (TPSA) is 77.2 Å². The summed E-state index contributed by atoms with van der Waals surface area (Å²) >= 11 is 5.82. The highest BCUT2D eigenvalue weighted by Gasteiger charge is 2.11. The zero-order chi connectivity index (χ0) is 18.4. The number of carbonyl (C=O) groups excluding carboxylic acids is 1. The number of ether oxygens (including phenoxy) is 1. The maximum atomic E-state index is 12.0. The summed E-state index contributed by atoms with van der Waals surface area (Å²) < 4.78 is 10.6. The predicted octanol–water partition coefficient (Wildman–Crippen LogP) is 4.36. The molecule has 1 heterocycles. The van der Waals surface area contributed by atoms with E-state index < -0.39 is 0 Å². The Labute approximate surface area is 156 Å². The minimum Gasteiger partial charge on any atom is -0.494 e. The van der Waals surface area contributed by atoms with Crippen molar-refractivity contribution < 1.29 is 14.1 Å². The van der Waals surface area contributed by atoms with E-state index in [0.29, 0.717) is 35.5 Å². The second-order valence-electron chi connectivity index (χ2n) is 5.52. The average molecular weight is 372 g/mol. The van der Waals surface area contributed by atoms with Crippen LogP contribution in [-0.4, -0.2) is 22.7 Å². The summed E-state index contributed by atoms with van der Waals surface area (Å²) in [6.45, 7) is 2.55. The molecule has 2 aromatic carbocycles. The van der Waals surface area contributed by atoms with Crippen LogP contribution in [0, 0.1) is 0 Å². The van der Waals surface area contributed by atoms with Crippen molar-refractivity contribution >= 4 is 23.2 Å². The molecule has 1 amide bonds. The highest BCUT2D eigenvalue weighted by Crippen LogP contribution is 2.20. The zero-order valence-corrected chi connectivity index (χ0v) is 15.0. The van der Waals surface area contributed by atoms with Gasteiger partial charge in [0, 0.05) is 29.1 Å². The summed E-state index contributed by atoms with van der Waals surface area (Å²) in [6.07, 6.45) is 0.608. The molecule has 1 N–H and O–H groups in total. The molecule has 6 nitrogen and oxygen atoms in total. The molecule has 0 aliphatic heterocycles. The molecule has 1 aromatic heterocycles. The molecule has 0 bridgehead atoms. The Kier molecular flexibility index (Phi) is 5.86. The fourth-order valence-corrected chi connectivity index (χ4v) is 2.44. The zero-order valence-electron chi connectivity index (χ0n) is 14.2. The van der Waals surface area contributed by atoms with Gasteiger partial charge in [0.25, 0.3) is 0 Å². The highest BCUT2D eigenvalue weighted by molar-refractivity contribution is 6.30. The molecule has 0 spiro atoms. The molecule has 0 fully saturated rings. The van der Waals surface area contributed by atoms with Gasteiger partial charge in [0.2, 0.25) is 17.6 Å². The van der Waals surface area contributed by atoms with E-state index in [1.54, 1.807) is 24.3 Å². The Hall–Kier alpha value is -2.86. The summed E-state index contributed by atoms with van der Waals surface area (Å²) in [5.41, 5.74) is 1.52. The SMILES string of the molecule is CCOc1ccc(-c2noc(CCC(=O)Nc3ccc(Cl)cc3)n2)cc1. The minimum absolute atomic E-state index is 0.131. The van der Waals surface area contributed by atoms with Crippen LogP contribution in [0.25, 0.3) is 11.4 Å². The number of rotatable bonds is 7. The number of aryl methyl sites for hydroxylation is 1. The number of nitrogens with one attached hydrogen (secondary N) is 1. The van der Waals surface area contributed by atoms with Crippen molar-refractivity contribution in [2.24, 2.45) is 0 Å². The van der Waals surface area contributed by atoms with Crippen LogP contribution in [-0.2, 0) is 11.2 Å². The van der Waals surface area contributed by atoms with Crippen LogP contribution in [0.3, 0.4) is 0 Å². The van der Waals surface area contributed by atoms with E-state index in [4.69, 9.17) is 20.9 Å². The largest absolute Gasteiger partial charge is 0.494 e. The Morgan fingerprint density at radius 3 is 2.58 bits per heavy atom. The van der Waals surface area contributed by atoms with Crippen molar-refractivity contribution in [3.63, 3.8) is 0 Å². The lowest BCUT2D eigenvalue weighted by molar-refractivity contribution is -0.116. The summed E-state index contributed by atoms with van der Waals surface area (Å²) in [6, 6.07) is 14.4. The molecular weight excluding hydrogens is 354 g/mol. The molecule has 0 radical (unpaired) electrons. The average Bonchev–Trinajstić information content (AvgIpc) is 3.12. The maximum Gasteiger partial charge on any atom is 0.227 e. The van der Waals surface area contributed by atoms with Crippen LogP contribution < -0.4 is 10.1 Å². The molecular formula is C19H18ClN3O3. The molecule has 0 saturated carbocycles. The number of hydrogen-bond acceptors (Lipinski definition) is 5. The third-order valence-electron chi connectivity index (χ3n) is 3.59. The van der Waals surface area contributed by atoms with E-state index >= 15 is 0 Å². The van der Waals surface area contributed by atoms with Gasteiger partial charge in [-0.2, -0.15) is 4.98 Å². The molecule has 134 valence electrons. The fourth-order valence-electron chi connectivity index (χ4n) is 2.32. The Balaban J connectivity index is 1.54. The van der Waals surface area contributed by atoms with Crippen molar-refractivity contribution in [2.45, 2.75) is 19.8 Å². The number of benzene rings is 2. The van der Waals surface area contributed by atoms with Crippen LogP contribution in [0.15, 0.2) is 53.1 Å². The minimum atomic E-state index is -0.131. The van der Waals surface area contributed by atoms with E-state index in [2.05, 4.69) is 15.5 Å². The lowest BCUT2D eigenvalue weighted by atomic mass is 10.2. The van der Waals surface area contributed by atoms with Gasteiger partial charge < -0.3 is 14.6 Å². The molecule has 3 aromatic rings. The van der Waals surface area contributed by atoms with Crippen molar-refractivity contribution in [2.75, 3.05) is 11.9 Å². The van der Waals surface area contributed by atoms with E-state index in [-0.39, 0.29) is 12.3 Å². The third kappa shape index (κ3) is 4.83. The van der Waals surface area contributed by atoms with Crippen LogP contribution in [0.5, 0.6) is 5.75 Å². The van der Waals surface area contributed by atoms with Gasteiger partial charge in [-0.1, -0.05) is 16.8 Å². The first-order chi connectivity index (χ1) is 12.6. The summed E-state index contributed by atoms with van der Waals surface area (Å²) in [4.78, 5) is 16.3. The van der Waals surface area contributed by atoms with Gasteiger partial charge in [0.1, 0.15) is 5.75 Å². The Bertz CT molecular complexity index is 860. The number of halogens is 1. The second-order valence-corrected chi connectivity index (χ2v) is 5.96. The highest BCUT2D eigenvalue weighted by atomic mass is 35.5. The molecule has 26 heavy (non-hydrogen) atoms. The predicted molar refractivity (Wildman–Crippen MR) is 99.3 cm³/mol. The van der Waals surface area contributed by atoms with Crippen LogP contribution >= 0.6 is 11.6 Å². The monoisotopic (exact) mass is 371 g/mol. The molecule has 0 atom stereocenters. The first-order valence-electron chi connectivity index (χ1n) is 8.25. The van der Waals surface area contributed by atoms with E-state index in [1.807, 2.05) is 31.2 Å². The van der Waals surface area contributed by atoms with E-state index in [9.17, 15) is 4.79 Å². The first kappa shape index (κ1) is 17.9. The van der Waals surface area contributed by atoms with Crippen molar-refractivity contribution in [1.29, 1.82) is 0 Å². The summed E-state index contributed by atoms with van der Waals surface area (Å²) in [5.74, 6) is 1.56. The molecule has 0 aliphatic rings. The van der Waals surface area contributed by atoms with Gasteiger partial charge in [-0.25, -0.2) is 0 Å². The van der Waals surface area contributed by atoms with Crippen molar-refractivity contribution in [3.05, 3.63) is 59.4 Å². The van der Waals surface area contributed by atoms with Crippen molar-refractivity contribution in [3.8, 4) is 17.1 Å². The third-order valence-corrected chi connectivity index (χ3v) is 3.84. The summed E-state index contributed by atoms with van der Waals surface area (Å²) in [7, 11) is 0. The number of amides is 1. The lowest BCUT2D eigenvalue weighted by Crippen LogP contribution is -2.12. The number of anilines is 1. The van der Waals surface area contributed by atoms with Gasteiger partial charge in [-0.05, 0) is 55.5 Å². The van der Waals surface area contributed by atoms with Crippen LogP contribution in [0.2, 0.25) is 5.02 Å². The molecule has 7 heteroatoms. The summed E-state index contributed by atoms with van der Waals surface area (Å²) in [5, 5.41) is 7.38. The first-order valence-corrected chi connectivity index (χ1v) is 8.63. The van der Waals surface area contributed by atoms with Crippen molar-refractivity contribution in [1.82, 2.24) is 10.1 Å². The standard InChI is InChI=1S/C19H18ClN3O3/c1-2-25-16-9-3-13(4-10-16)19-22-18(26-23-19)12-11-17(24)21-15-7-5-14(20)6-8-15/h3-10H,2,11-12H2,1H3,(H,21,24). The Morgan fingerprint density at radius 2 is 1.88 bits per heavy atom. The lowest BCUT2D eigenvalue weighted by Gasteiger charge is -2.03. The molecule has 3 rings (SSSR count). The van der Waals surface area contributed by atoms with Crippen LogP contribution in [0.1, 0.15) is 19.2 Å². The van der Waals surface area contributed by atoms with Crippen LogP contribution in [0.4, 0.5) is 5.69 Å². The normalized spacial score (nSPS) is 10.5. The molecule has 0 saturated heterocycles. The molecule has 0 unspecified atom stereocenters. The maximum absolute atomic E-state index is 12.0. The number of nitrogens with zero attached hydrogens (tertiary/aromatic N) is 2. The van der Waals surface area contributed by atoms with Gasteiger partial charge in [0.15, 0.2) is 0 Å². The number of carbonyl (C=O) groups is 1. The smallest absolute Gasteiger partial charge is 0.227 e. The molecule has 0 aliphatic carbocycles. The number of hydrogen-bond donors (Lipinski definition) is 1. The van der Waals surface area contributed by atoms with Gasteiger partial charge in [-0.3, -0.25) is 4.79 Å². The van der Waals surface area contributed by atoms with E-state index in [0.717, 1.165) is 11.3 Å². The Morgan fingerprint density at radius 1 is 1.15 bits per heavy atom. The van der Waals surface area contributed by atoms with Gasteiger partial charge in [-0.15, -0.1) is 0 Å².